The molecular weight excluding hydrogens is 630 g/mol. The van der Waals surface area contributed by atoms with Gasteiger partial charge in [0.1, 0.15) is 0 Å². The van der Waals surface area contributed by atoms with Gasteiger partial charge in [-0.1, -0.05) is 23.7 Å². The molecule has 1 aromatic carbocycles. The first-order valence-electron chi connectivity index (χ1n) is 16.7. The average molecular weight is 672 g/mol. The highest BCUT2D eigenvalue weighted by atomic mass is 35.5. The van der Waals surface area contributed by atoms with Crippen molar-refractivity contribution < 1.29 is 14.7 Å². The van der Waals surface area contributed by atoms with Gasteiger partial charge in [-0.25, -0.2) is 9.97 Å². The molecule has 2 aliphatic heterocycles. The predicted octanol–water partition coefficient (Wildman–Crippen LogP) is 4.19. The van der Waals surface area contributed by atoms with Crippen molar-refractivity contribution in [2.75, 3.05) is 36.8 Å². The van der Waals surface area contributed by atoms with Crippen molar-refractivity contribution in [3.63, 3.8) is 0 Å². The summed E-state index contributed by atoms with van der Waals surface area (Å²) in [6.45, 7) is 8.48. The number of amides is 2. The van der Waals surface area contributed by atoms with Crippen molar-refractivity contribution in [2.24, 2.45) is 20.0 Å². The van der Waals surface area contributed by atoms with Crippen LogP contribution in [0.5, 0.6) is 0 Å². The van der Waals surface area contributed by atoms with Crippen molar-refractivity contribution in [1.29, 1.82) is 0 Å². The minimum absolute atomic E-state index is 0.297. The molecule has 0 spiro atoms. The number of nitrogens with zero attached hydrogens (tertiary/aromatic N) is 7. The SMILES string of the molecule is Cc1c(NC(=O)c2nc3c(n2C)CCN(CC(C)O)C3)cccc1-c1nccc(NC(=O)c2nc3c(n2C)CCN(CC2CC2)C3)c1Cl. The number of carbonyl (C=O) groups excluding carboxylic acids is 2. The smallest absolute Gasteiger partial charge is 0.291 e. The summed E-state index contributed by atoms with van der Waals surface area (Å²) < 4.78 is 3.76. The fourth-order valence-corrected chi connectivity index (χ4v) is 7.29. The number of fused-ring (bicyclic) bond motifs is 2. The van der Waals surface area contributed by atoms with E-state index >= 15 is 0 Å². The lowest BCUT2D eigenvalue weighted by molar-refractivity contribution is 0.100. The number of carbonyl (C=O) groups is 2. The molecule has 1 fully saturated rings. The van der Waals surface area contributed by atoms with E-state index in [1.54, 1.807) is 19.2 Å². The molecule has 48 heavy (non-hydrogen) atoms. The maximum Gasteiger partial charge on any atom is 0.291 e. The lowest BCUT2D eigenvalue weighted by Gasteiger charge is -2.27. The summed E-state index contributed by atoms with van der Waals surface area (Å²) >= 11 is 6.91. The fraction of sp³-hybridized carbons (Fsp3) is 0.457. The van der Waals surface area contributed by atoms with Crippen molar-refractivity contribution in [3.05, 3.63) is 75.5 Å². The van der Waals surface area contributed by atoms with Crippen LogP contribution in [-0.2, 0) is 40.0 Å². The summed E-state index contributed by atoms with van der Waals surface area (Å²) in [7, 11) is 3.76. The number of benzene rings is 1. The second kappa shape index (κ2) is 13.1. The molecule has 2 amide bonds. The maximum absolute atomic E-state index is 13.5. The molecule has 0 bridgehead atoms. The lowest BCUT2D eigenvalue weighted by Crippen LogP contribution is -2.36. The first-order chi connectivity index (χ1) is 23.1. The molecule has 3 aliphatic rings. The molecule has 12 nitrogen and oxygen atoms in total. The third-order valence-electron chi connectivity index (χ3n) is 9.79. The molecule has 13 heteroatoms. The van der Waals surface area contributed by atoms with Crippen LogP contribution in [0.15, 0.2) is 30.5 Å². The molecule has 1 unspecified atom stereocenters. The number of halogens is 1. The summed E-state index contributed by atoms with van der Waals surface area (Å²) in [5.41, 5.74) is 6.99. The van der Waals surface area contributed by atoms with Crippen LogP contribution in [0, 0.1) is 12.8 Å². The monoisotopic (exact) mass is 671 g/mol. The Morgan fingerprint density at radius 2 is 1.54 bits per heavy atom. The highest BCUT2D eigenvalue weighted by Crippen LogP contribution is 2.36. The Balaban J connectivity index is 1.08. The van der Waals surface area contributed by atoms with Gasteiger partial charge >= 0.3 is 0 Å². The second-order valence-electron chi connectivity index (χ2n) is 13.4. The Bertz CT molecular complexity index is 1770. The third-order valence-corrected chi connectivity index (χ3v) is 10.2. The quantitative estimate of drug-likeness (QED) is 0.241. The van der Waals surface area contributed by atoms with Crippen molar-refractivity contribution in [3.8, 4) is 11.3 Å². The number of aliphatic hydroxyl groups excluding tert-OH is 1. The number of aromatic nitrogens is 5. The van der Waals surface area contributed by atoms with Gasteiger partial charge in [-0.05, 0) is 50.3 Å². The molecule has 3 aromatic heterocycles. The predicted molar refractivity (Wildman–Crippen MR) is 184 cm³/mol. The van der Waals surface area contributed by atoms with Crippen LogP contribution in [0.4, 0.5) is 11.4 Å². The van der Waals surface area contributed by atoms with Crippen LogP contribution in [0.2, 0.25) is 5.02 Å². The molecule has 1 atom stereocenters. The second-order valence-corrected chi connectivity index (χ2v) is 13.8. The number of imidazole rings is 2. The molecule has 3 N–H and O–H groups in total. The summed E-state index contributed by atoms with van der Waals surface area (Å²) in [5, 5.41) is 16.1. The Hall–Kier alpha value is -4.10. The van der Waals surface area contributed by atoms with Gasteiger partial charge in [-0.3, -0.25) is 24.4 Å². The molecule has 7 rings (SSSR count). The van der Waals surface area contributed by atoms with E-state index in [0.29, 0.717) is 46.8 Å². The van der Waals surface area contributed by atoms with E-state index in [1.807, 2.05) is 48.4 Å². The molecule has 0 radical (unpaired) electrons. The zero-order valence-corrected chi connectivity index (χ0v) is 28.6. The van der Waals surface area contributed by atoms with Crippen LogP contribution in [0.3, 0.4) is 0 Å². The van der Waals surface area contributed by atoms with Gasteiger partial charge in [-0.2, -0.15) is 0 Å². The van der Waals surface area contributed by atoms with Crippen LogP contribution < -0.4 is 10.6 Å². The van der Waals surface area contributed by atoms with Gasteiger partial charge in [-0.15, -0.1) is 0 Å². The number of nitrogens with one attached hydrogen (secondary N) is 2. The van der Waals surface area contributed by atoms with E-state index in [4.69, 9.17) is 16.6 Å². The fourth-order valence-electron chi connectivity index (χ4n) is 7.03. The van der Waals surface area contributed by atoms with Gasteiger partial charge in [0.25, 0.3) is 11.8 Å². The number of hydrogen-bond donors (Lipinski definition) is 3. The normalized spacial score (nSPS) is 17.1. The van der Waals surface area contributed by atoms with Gasteiger partial charge in [0.15, 0.2) is 11.6 Å². The van der Waals surface area contributed by atoms with Gasteiger partial charge < -0.3 is 24.9 Å². The van der Waals surface area contributed by atoms with E-state index in [2.05, 4.69) is 30.4 Å². The largest absolute Gasteiger partial charge is 0.392 e. The molecular formula is C35H42ClN9O3. The molecule has 1 saturated carbocycles. The van der Waals surface area contributed by atoms with Crippen molar-refractivity contribution >= 4 is 34.8 Å². The zero-order valence-electron chi connectivity index (χ0n) is 27.9. The summed E-state index contributed by atoms with van der Waals surface area (Å²) in [5.74, 6) is 0.847. The van der Waals surface area contributed by atoms with Crippen LogP contribution >= 0.6 is 11.6 Å². The first kappa shape index (κ1) is 32.4. The number of hydrogen-bond acceptors (Lipinski definition) is 8. The van der Waals surface area contributed by atoms with Gasteiger partial charge in [0.2, 0.25) is 0 Å². The number of pyridine rings is 1. The minimum Gasteiger partial charge on any atom is -0.392 e. The average Bonchev–Trinajstić information content (AvgIpc) is 3.72. The Labute approximate surface area is 285 Å². The molecule has 0 saturated heterocycles. The number of β-amino-alcohol motifs (C(OH)–C–C–N with tert-alkyl or cyclic N) is 1. The Morgan fingerprint density at radius 3 is 2.17 bits per heavy atom. The third kappa shape index (κ3) is 6.37. The van der Waals surface area contributed by atoms with Crippen molar-refractivity contribution in [1.82, 2.24) is 33.9 Å². The van der Waals surface area contributed by atoms with E-state index in [1.165, 1.54) is 12.8 Å². The first-order valence-corrected chi connectivity index (χ1v) is 17.0. The van der Waals surface area contributed by atoms with Gasteiger partial charge in [0, 0.05) is 95.0 Å². The van der Waals surface area contributed by atoms with Crippen molar-refractivity contribution in [2.45, 2.75) is 58.7 Å². The summed E-state index contributed by atoms with van der Waals surface area (Å²) in [6, 6.07) is 7.24. The summed E-state index contributed by atoms with van der Waals surface area (Å²) in [6.07, 6.45) is 5.43. The topological polar surface area (TPSA) is 133 Å². The van der Waals surface area contributed by atoms with E-state index in [0.717, 1.165) is 78.8 Å². The van der Waals surface area contributed by atoms with E-state index in [9.17, 15) is 14.7 Å². The maximum atomic E-state index is 13.5. The molecule has 1 aliphatic carbocycles. The highest BCUT2D eigenvalue weighted by Gasteiger charge is 2.30. The molecule has 252 valence electrons. The lowest BCUT2D eigenvalue weighted by atomic mass is 10.0. The van der Waals surface area contributed by atoms with Gasteiger partial charge in [0.05, 0.1) is 33.9 Å². The highest BCUT2D eigenvalue weighted by molar-refractivity contribution is 6.36. The standard InChI is InChI=1S/C35H42ClN9O3/c1-20(46)16-44-14-11-28-26(18-44)38-32(42(28)3)34(47)40-24-7-5-6-23(21(24)2)31-30(36)25(10-13-37-31)41-35(48)33-39-27-19-45(17-22-8-9-22)15-12-29(27)43(33)4/h5-7,10,13,20,22,46H,8-9,11-12,14-19H2,1-4H3,(H,40,47)(H,37,41,48). The number of aliphatic hydroxyl groups is 1. The van der Waals surface area contributed by atoms with Crippen LogP contribution in [-0.4, -0.2) is 83.1 Å². The van der Waals surface area contributed by atoms with Crippen LogP contribution in [0.25, 0.3) is 11.3 Å². The van der Waals surface area contributed by atoms with E-state index < -0.39 is 6.10 Å². The number of rotatable bonds is 9. The van der Waals surface area contributed by atoms with E-state index in [-0.39, 0.29) is 11.8 Å². The molecule has 4 aromatic rings. The number of anilines is 2. The Kier molecular flexibility index (Phi) is 8.84. The van der Waals surface area contributed by atoms with Crippen LogP contribution in [0.1, 0.15) is 69.3 Å². The molecule has 5 heterocycles. The summed E-state index contributed by atoms with van der Waals surface area (Å²) in [4.78, 5) is 45.6. The Morgan fingerprint density at radius 1 is 0.938 bits per heavy atom. The zero-order chi connectivity index (χ0) is 33.7. The minimum atomic E-state index is -0.429.